The molecule has 2 heterocycles. The highest BCUT2D eigenvalue weighted by Gasteiger charge is 2.20. The van der Waals surface area contributed by atoms with Gasteiger partial charge < -0.3 is 5.32 Å². The van der Waals surface area contributed by atoms with Gasteiger partial charge in [-0.3, -0.25) is 0 Å². The predicted octanol–water partition coefficient (Wildman–Crippen LogP) is 3.78. The van der Waals surface area contributed by atoms with E-state index < -0.39 is 0 Å². The predicted molar refractivity (Wildman–Crippen MR) is 77.5 cm³/mol. The Morgan fingerprint density at radius 1 is 1.28 bits per heavy atom. The molecule has 0 radical (unpaired) electrons. The zero-order valence-corrected chi connectivity index (χ0v) is 11.6. The van der Waals surface area contributed by atoms with Gasteiger partial charge in [0.1, 0.15) is 17.0 Å². The van der Waals surface area contributed by atoms with Crippen molar-refractivity contribution < 1.29 is 0 Å². The van der Waals surface area contributed by atoms with E-state index in [1.165, 1.54) is 54.4 Å². The van der Waals surface area contributed by atoms with Crippen molar-refractivity contribution in [1.82, 2.24) is 9.97 Å². The van der Waals surface area contributed by atoms with Crippen LogP contribution in [-0.4, -0.2) is 16.5 Å². The van der Waals surface area contributed by atoms with E-state index >= 15 is 0 Å². The van der Waals surface area contributed by atoms with Crippen LogP contribution in [0.4, 0.5) is 5.82 Å². The normalized spacial score (nSPS) is 14.1. The largest absolute Gasteiger partial charge is 0.369 e. The molecule has 96 valence electrons. The van der Waals surface area contributed by atoms with Crippen LogP contribution in [-0.2, 0) is 12.8 Å². The van der Waals surface area contributed by atoms with Gasteiger partial charge in [-0.1, -0.05) is 19.8 Å². The van der Waals surface area contributed by atoms with E-state index in [-0.39, 0.29) is 0 Å². The summed E-state index contributed by atoms with van der Waals surface area (Å²) in [6.07, 6.45) is 9.17. The summed E-state index contributed by atoms with van der Waals surface area (Å²) in [5.41, 5.74) is 1.51. The Hall–Kier alpha value is -1.16. The Bertz CT molecular complexity index is 547. The van der Waals surface area contributed by atoms with Crippen molar-refractivity contribution in [1.29, 1.82) is 0 Å². The van der Waals surface area contributed by atoms with Gasteiger partial charge in [0.25, 0.3) is 0 Å². The highest BCUT2D eigenvalue weighted by molar-refractivity contribution is 7.19. The first kappa shape index (κ1) is 11.9. The first-order chi connectivity index (χ1) is 8.90. The van der Waals surface area contributed by atoms with Crippen molar-refractivity contribution in [2.75, 3.05) is 11.9 Å². The van der Waals surface area contributed by atoms with Gasteiger partial charge in [0.15, 0.2) is 0 Å². The minimum absolute atomic E-state index is 1.02. The standard InChI is InChI=1S/C14H19N3S/c1-2-3-4-8-15-13-12-10-6-5-7-11(10)18-14(12)17-9-16-13/h9H,2-8H2,1H3,(H,15,16,17). The number of nitrogens with zero attached hydrogens (tertiary/aromatic N) is 2. The second-order valence-corrected chi connectivity index (χ2v) is 5.98. The fourth-order valence-corrected chi connectivity index (χ4v) is 3.87. The molecule has 0 aromatic carbocycles. The summed E-state index contributed by atoms with van der Waals surface area (Å²) in [5.74, 6) is 1.05. The van der Waals surface area contributed by atoms with Crippen LogP contribution >= 0.6 is 11.3 Å². The van der Waals surface area contributed by atoms with Gasteiger partial charge in [0, 0.05) is 11.4 Å². The molecule has 0 aliphatic heterocycles. The molecule has 0 saturated carbocycles. The Labute approximate surface area is 112 Å². The van der Waals surface area contributed by atoms with Crippen LogP contribution in [0.25, 0.3) is 10.2 Å². The Morgan fingerprint density at radius 2 is 2.22 bits per heavy atom. The van der Waals surface area contributed by atoms with E-state index in [4.69, 9.17) is 0 Å². The average molecular weight is 261 g/mol. The molecule has 2 aromatic rings. The van der Waals surface area contributed by atoms with E-state index in [0.29, 0.717) is 0 Å². The molecule has 0 fully saturated rings. The Kier molecular flexibility index (Phi) is 3.46. The molecule has 4 heteroatoms. The van der Waals surface area contributed by atoms with Gasteiger partial charge in [-0.2, -0.15) is 0 Å². The molecular formula is C14H19N3S. The lowest BCUT2D eigenvalue weighted by atomic mass is 10.2. The van der Waals surface area contributed by atoms with Gasteiger partial charge >= 0.3 is 0 Å². The van der Waals surface area contributed by atoms with Crippen LogP contribution in [0, 0.1) is 0 Å². The molecule has 3 nitrogen and oxygen atoms in total. The summed E-state index contributed by atoms with van der Waals surface area (Å²) in [5, 5.41) is 4.79. The van der Waals surface area contributed by atoms with Crippen molar-refractivity contribution >= 4 is 27.4 Å². The fourth-order valence-electron chi connectivity index (χ4n) is 2.64. The zero-order chi connectivity index (χ0) is 12.4. The molecule has 0 saturated heterocycles. The lowest BCUT2D eigenvalue weighted by Crippen LogP contribution is -2.04. The number of fused-ring (bicyclic) bond motifs is 3. The molecule has 0 spiro atoms. The fraction of sp³-hybridized carbons (Fsp3) is 0.571. The van der Waals surface area contributed by atoms with Crippen LogP contribution < -0.4 is 5.32 Å². The number of rotatable bonds is 5. The lowest BCUT2D eigenvalue weighted by molar-refractivity contribution is 0.742. The maximum atomic E-state index is 4.44. The van der Waals surface area contributed by atoms with Gasteiger partial charge in [-0.05, 0) is 31.2 Å². The van der Waals surface area contributed by atoms with Crippen LogP contribution in [0.2, 0.25) is 0 Å². The lowest BCUT2D eigenvalue weighted by Gasteiger charge is -2.06. The first-order valence-electron chi connectivity index (χ1n) is 6.89. The zero-order valence-electron chi connectivity index (χ0n) is 10.8. The summed E-state index contributed by atoms with van der Waals surface area (Å²) in [6, 6.07) is 0. The third-order valence-corrected chi connectivity index (χ3v) is 4.77. The highest BCUT2D eigenvalue weighted by atomic mass is 32.1. The van der Waals surface area contributed by atoms with Crippen LogP contribution in [0.1, 0.15) is 43.0 Å². The molecule has 1 N–H and O–H groups in total. The molecule has 0 amide bonds. The average Bonchev–Trinajstić information content (AvgIpc) is 2.94. The minimum Gasteiger partial charge on any atom is -0.369 e. The van der Waals surface area contributed by atoms with Crippen molar-refractivity contribution in [3.8, 4) is 0 Å². The molecule has 0 atom stereocenters. The number of aromatic nitrogens is 2. The van der Waals surface area contributed by atoms with Gasteiger partial charge in [-0.15, -0.1) is 11.3 Å². The molecule has 3 rings (SSSR count). The summed E-state index contributed by atoms with van der Waals surface area (Å²) in [6.45, 7) is 3.25. The summed E-state index contributed by atoms with van der Waals surface area (Å²) >= 11 is 1.85. The maximum absolute atomic E-state index is 4.44. The highest BCUT2D eigenvalue weighted by Crippen LogP contribution is 2.38. The SMILES string of the molecule is CCCCCNc1ncnc2sc3c(c12)CCC3. The van der Waals surface area contributed by atoms with E-state index in [2.05, 4.69) is 22.2 Å². The summed E-state index contributed by atoms with van der Waals surface area (Å²) < 4.78 is 0. The first-order valence-corrected chi connectivity index (χ1v) is 7.71. The monoisotopic (exact) mass is 261 g/mol. The van der Waals surface area contributed by atoms with E-state index in [1.54, 1.807) is 6.33 Å². The molecule has 18 heavy (non-hydrogen) atoms. The second-order valence-electron chi connectivity index (χ2n) is 4.89. The number of thiophene rings is 1. The number of unbranched alkanes of at least 4 members (excludes halogenated alkanes) is 2. The molecule has 0 bridgehead atoms. The number of aryl methyl sites for hydroxylation is 2. The molecular weight excluding hydrogens is 242 g/mol. The van der Waals surface area contributed by atoms with E-state index in [1.807, 2.05) is 11.3 Å². The number of anilines is 1. The van der Waals surface area contributed by atoms with E-state index in [9.17, 15) is 0 Å². The molecule has 1 aliphatic rings. The van der Waals surface area contributed by atoms with Crippen LogP contribution in [0.3, 0.4) is 0 Å². The van der Waals surface area contributed by atoms with Crippen molar-refractivity contribution in [2.24, 2.45) is 0 Å². The molecule has 1 aliphatic carbocycles. The third-order valence-electron chi connectivity index (χ3n) is 3.57. The minimum atomic E-state index is 1.02. The number of nitrogens with one attached hydrogen (secondary N) is 1. The Morgan fingerprint density at radius 3 is 3.11 bits per heavy atom. The summed E-state index contributed by atoms with van der Waals surface area (Å²) in [7, 11) is 0. The smallest absolute Gasteiger partial charge is 0.138 e. The van der Waals surface area contributed by atoms with Crippen LogP contribution in [0.15, 0.2) is 6.33 Å². The number of hydrogen-bond acceptors (Lipinski definition) is 4. The molecule has 0 unspecified atom stereocenters. The van der Waals surface area contributed by atoms with Crippen LogP contribution in [0.5, 0.6) is 0 Å². The van der Waals surface area contributed by atoms with Gasteiger partial charge in [0.05, 0.1) is 5.39 Å². The van der Waals surface area contributed by atoms with Crippen molar-refractivity contribution in [3.05, 3.63) is 16.8 Å². The van der Waals surface area contributed by atoms with E-state index in [0.717, 1.165) is 17.2 Å². The molecule has 2 aromatic heterocycles. The quantitative estimate of drug-likeness (QED) is 0.832. The Balaban J connectivity index is 1.87. The summed E-state index contributed by atoms with van der Waals surface area (Å²) in [4.78, 5) is 11.5. The van der Waals surface area contributed by atoms with Gasteiger partial charge in [0.2, 0.25) is 0 Å². The topological polar surface area (TPSA) is 37.8 Å². The number of hydrogen-bond donors (Lipinski definition) is 1. The maximum Gasteiger partial charge on any atom is 0.138 e. The second kappa shape index (κ2) is 5.22. The van der Waals surface area contributed by atoms with Crippen molar-refractivity contribution in [2.45, 2.75) is 45.4 Å². The van der Waals surface area contributed by atoms with Gasteiger partial charge in [-0.25, -0.2) is 9.97 Å². The third kappa shape index (κ3) is 2.09. The van der Waals surface area contributed by atoms with Crippen molar-refractivity contribution in [3.63, 3.8) is 0 Å².